The molecule has 0 aliphatic carbocycles. The van der Waals surface area contributed by atoms with Gasteiger partial charge in [0.1, 0.15) is 0 Å². The Hall–Kier alpha value is -1.94. The van der Waals surface area contributed by atoms with Gasteiger partial charge in [-0.2, -0.15) is 26.3 Å². The number of alkyl halides is 6. The Balaban J connectivity index is 4.69. The molecule has 0 aliphatic rings. The van der Waals surface area contributed by atoms with Gasteiger partial charge in [-0.15, -0.1) is 0 Å². The molecule has 0 atom stereocenters. The van der Waals surface area contributed by atoms with Gasteiger partial charge in [-0.1, -0.05) is 0 Å². The van der Waals surface area contributed by atoms with Crippen LogP contribution < -0.4 is 0 Å². The zero-order valence-electron chi connectivity index (χ0n) is 7.31. The fourth-order valence-corrected chi connectivity index (χ4v) is 0.408. The summed E-state index contributed by atoms with van der Waals surface area (Å²) in [7, 11) is 0. The van der Waals surface area contributed by atoms with Crippen LogP contribution in [0.1, 0.15) is 0 Å². The molecule has 0 unspecified atom stereocenters. The number of ether oxygens (including phenoxy) is 1. The molecule has 0 radical (unpaired) electrons. The number of ketones is 2. The van der Waals surface area contributed by atoms with Crippen molar-refractivity contribution < 1.29 is 50.3 Å². The number of hydrogen-bond acceptors (Lipinski definition) is 5. The minimum atomic E-state index is -5.72. The maximum atomic E-state index is 11.5. The molecule has 96 valence electrons. The van der Waals surface area contributed by atoms with Crippen molar-refractivity contribution in [2.45, 2.75) is 12.4 Å². The number of carbonyl (C=O) groups is 4. The third-order valence-corrected chi connectivity index (χ3v) is 1.07. The molecule has 0 aliphatic heterocycles. The number of carbonyl (C=O) groups excluding carboxylic acids is 4. The summed E-state index contributed by atoms with van der Waals surface area (Å²) < 4.78 is 71.9. The molecule has 0 aromatic heterocycles. The number of rotatable bonds is 2. The summed E-state index contributed by atoms with van der Waals surface area (Å²) >= 11 is 0. The highest BCUT2D eigenvalue weighted by Gasteiger charge is 2.49. The lowest BCUT2D eigenvalue weighted by atomic mass is 10.3. The fourth-order valence-electron chi connectivity index (χ4n) is 0.408. The van der Waals surface area contributed by atoms with Crippen LogP contribution >= 0.6 is 0 Å². The molecule has 0 aromatic rings. The van der Waals surface area contributed by atoms with Gasteiger partial charge in [-0.05, 0) is 0 Å². The second kappa shape index (κ2) is 4.51. The van der Waals surface area contributed by atoms with Crippen molar-refractivity contribution in [3.05, 3.63) is 0 Å². The van der Waals surface area contributed by atoms with E-state index >= 15 is 0 Å². The summed E-state index contributed by atoms with van der Waals surface area (Å²) in [5, 5.41) is 0. The SMILES string of the molecule is O=C(OC(=O)C(=O)C(F)(F)F)C(=O)C(F)(F)F. The first-order valence-electron chi connectivity index (χ1n) is 3.36. The smallest absolute Gasteiger partial charge is 0.381 e. The average Bonchev–Trinajstić information content (AvgIpc) is 2.12. The third-order valence-electron chi connectivity index (χ3n) is 1.07. The molecule has 0 heterocycles. The highest BCUT2D eigenvalue weighted by atomic mass is 19.4. The molecule has 5 nitrogen and oxygen atoms in total. The maximum absolute atomic E-state index is 11.5. The normalized spacial score (nSPS) is 11.9. The van der Waals surface area contributed by atoms with E-state index in [-0.39, 0.29) is 0 Å². The first-order chi connectivity index (χ1) is 7.37. The van der Waals surface area contributed by atoms with Gasteiger partial charge in [0, 0.05) is 0 Å². The molecule has 17 heavy (non-hydrogen) atoms. The van der Waals surface area contributed by atoms with Crippen LogP contribution in [0.5, 0.6) is 0 Å². The van der Waals surface area contributed by atoms with E-state index in [2.05, 4.69) is 4.74 Å². The highest BCUT2D eigenvalue weighted by Crippen LogP contribution is 2.19. The monoisotopic (exact) mass is 266 g/mol. The highest BCUT2D eigenvalue weighted by molar-refractivity contribution is 6.44. The van der Waals surface area contributed by atoms with E-state index in [0.29, 0.717) is 0 Å². The van der Waals surface area contributed by atoms with Crippen LogP contribution in [0.3, 0.4) is 0 Å². The molecule has 0 fully saturated rings. The summed E-state index contributed by atoms with van der Waals surface area (Å²) in [6.45, 7) is 0. The van der Waals surface area contributed by atoms with Crippen molar-refractivity contribution in [1.29, 1.82) is 0 Å². The largest absolute Gasteiger partial charge is 0.461 e. The van der Waals surface area contributed by atoms with Crippen LogP contribution in [-0.2, 0) is 23.9 Å². The van der Waals surface area contributed by atoms with Crippen LogP contribution in [0.25, 0.3) is 0 Å². The van der Waals surface area contributed by atoms with Gasteiger partial charge in [-0.25, -0.2) is 9.59 Å². The quantitative estimate of drug-likeness (QED) is 0.311. The summed E-state index contributed by atoms with van der Waals surface area (Å²) in [4.78, 5) is 40.5. The van der Waals surface area contributed by atoms with Crippen LogP contribution in [0, 0.1) is 0 Å². The molecule has 0 saturated heterocycles. The molecule has 11 heteroatoms. The predicted molar refractivity (Wildman–Crippen MR) is 33.2 cm³/mol. The van der Waals surface area contributed by atoms with E-state index in [9.17, 15) is 45.5 Å². The van der Waals surface area contributed by atoms with Crippen LogP contribution in [0.15, 0.2) is 0 Å². The van der Waals surface area contributed by atoms with Crippen molar-refractivity contribution in [2.75, 3.05) is 0 Å². The zero-order valence-corrected chi connectivity index (χ0v) is 7.31. The van der Waals surface area contributed by atoms with Crippen LogP contribution in [0.2, 0.25) is 0 Å². The molecule has 0 saturated carbocycles. The van der Waals surface area contributed by atoms with Crippen LogP contribution in [0.4, 0.5) is 26.3 Å². The Labute approximate surface area is 87.3 Å². The summed E-state index contributed by atoms with van der Waals surface area (Å²) in [5.74, 6) is -12.2. The van der Waals surface area contributed by atoms with E-state index < -0.39 is 35.9 Å². The molecule has 0 aromatic carbocycles. The Morgan fingerprint density at radius 2 is 0.882 bits per heavy atom. The fraction of sp³-hybridized carbons (Fsp3) is 0.333. The van der Waals surface area contributed by atoms with Gasteiger partial charge in [0.15, 0.2) is 0 Å². The molecule has 0 bridgehead atoms. The van der Waals surface area contributed by atoms with Crippen molar-refractivity contribution >= 4 is 23.5 Å². The van der Waals surface area contributed by atoms with Gasteiger partial charge in [0.2, 0.25) is 0 Å². The van der Waals surface area contributed by atoms with Crippen molar-refractivity contribution in [2.24, 2.45) is 0 Å². The zero-order chi connectivity index (χ0) is 14.0. The number of Topliss-reactive ketones (excluding diaryl/α,β-unsaturated/α-hetero) is 2. The van der Waals surface area contributed by atoms with Gasteiger partial charge >= 0.3 is 35.9 Å². The van der Waals surface area contributed by atoms with Gasteiger partial charge in [-0.3, -0.25) is 9.59 Å². The molecule has 0 spiro atoms. The van der Waals surface area contributed by atoms with E-state index in [4.69, 9.17) is 0 Å². The lowest BCUT2D eigenvalue weighted by Crippen LogP contribution is -2.38. The van der Waals surface area contributed by atoms with E-state index in [0.717, 1.165) is 0 Å². The minimum absolute atomic E-state index is 2.81. The summed E-state index contributed by atoms with van der Waals surface area (Å²) in [5.41, 5.74) is 0. The summed E-state index contributed by atoms with van der Waals surface area (Å²) in [6.07, 6.45) is -11.4. The second-order valence-corrected chi connectivity index (χ2v) is 2.33. The number of halogens is 6. The molecule has 0 rings (SSSR count). The molecular formula is C6F6O5. The molecule has 0 amide bonds. The van der Waals surface area contributed by atoms with Gasteiger partial charge < -0.3 is 4.74 Å². The topological polar surface area (TPSA) is 77.5 Å². The Bertz CT molecular complexity index is 341. The first kappa shape index (κ1) is 15.1. The Morgan fingerprint density at radius 3 is 1.06 bits per heavy atom. The lowest BCUT2D eigenvalue weighted by molar-refractivity contribution is -0.192. The van der Waals surface area contributed by atoms with E-state index in [1.165, 1.54) is 0 Å². The Morgan fingerprint density at radius 1 is 0.647 bits per heavy atom. The lowest BCUT2D eigenvalue weighted by Gasteiger charge is -2.05. The van der Waals surface area contributed by atoms with Crippen LogP contribution in [-0.4, -0.2) is 35.9 Å². The van der Waals surface area contributed by atoms with Gasteiger partial charge in [0.25, 0.3) is 0 Å². The standard InChI is InChI=1S/C6F6O5/c7-5(8,9)1(13)3(15)17-4(16)2(14)6(10,11)12. The molecular weight excluding hydrogens is 266 g/mol. The van der Waals surface area contributed by atoms with Crippen molar-refractivity contribution in [1.82, 2.24) is 0 Å². The maximum Gasteiger partial charge on any atom is 0.461 e. The second-order valence-electron chi connectivity index (χ2n) is 2.33. The number of hydrogen-bond donors (Lipinski definition) is 0. The Kier molecular flexibility index (Phi) is 4.00. The van der Waals surface area contributed by atoms with Gasteiger partial charge in [0.05, 0.1) is 0 Å². The molecule has 0 N–H and O–H groups in total. The predicted octanol–water partition coefficient (Wildman–Crippen LogP) is 0.319. The van der Waals surface area contributed by atoms with E-state index in [1.54, 1.807) is 0 Å². The average molecular weight is 266 g/mol. The van der Waals surface area contributed by atoms with E-state index in [1.807, 2.05) is 0 Å². The third kappa shape index (κ3) is 4.20. The van der Waals surface area contributed by atoms with Crippen molar-refractivity contribution in [3.63, 3.8) is 0 Å². The number of esters is 2. The van der Waals surface area contributed by atoms with Crippen molar-refractivity contribution in [3.8, 4) is 0 Å². The summed E-state index contributed by atoms with van der Waals surface area (Å²) in [6, 6.07) is 0. The first-order valence-corrected chi connectivity index (χ1v) is 3.36. The minimum Gasteiger partial charge on any atom is -0.381 e.